The largest absolute Gasteiger partial charge is 0.310 e. The summed E-state index contributed by atoms with van der Waals surface area (Å²) in [6.45, 7) is 5.07. The van der Waals surface area contributed by atoms with Crippen molar-refractivity contribution >= 4 is 49.6 Å². The van der Waals surface area contributed by atoms with Crippen LogP contribution in [0.4, 0.5) is 17.1 Å². The highest BCUT2D eigenvalue weighted by molar-refractivity contribution is 6.09. The molecule has 59 heavy (non-hydrogen) atoms. The standard InChI is InChI=1S/C57H48N2/c1-37-31-39-33-38(2)57(44(32-37)34-39)53-16-8-5-13-49(53)52-36-48(29-30-54(52)57)58(47-28-23-40-11-3-4-12-43(40)35-47)45-24-19-41(20-25-45)42-21-26-46(27-22-42)59-55-17-9-6-14-50(55)51-15-7-10-18-56(51)59/h3-30,35-39,44H,31-34H2,1-2H3/t37-,38+,39-,44-,57?/m0/s1. The minimum Gasteiger partial charge on any atom is -0.310 e. The molecule has 2 bridgehead atoms. The predicted octanol–water partition coefficient (Wildman–Crippen LogP) is 15.4. The first-order chi connectivity index (χ1) is 29.0. The molecule has 5 atom stereocenters. The molecular weight excluding hydrogens is 713 g/mol. The van der Waals surface area contributed by atoms with Crippen molar-refractivity contribution in [3.05, 3.63) is 193 Å². The van der Waals surface area contributed by atoms with Gasteiger partial charge in [0.15, 0.2) is 0 Å². The number of hydrogen-bond acceptors (Lipinski definition) is 1. The number of benzene rings is 8. The molecule has 3 aliphatic carbocycles. The average Bonchev–Trinajstić information content (AvgIpc) is 3.77. The molecule has 12 rings (SSSR count). The Hall–Kier alpha value is -6.38. The second-order valence-corrected chi connectivity index (χ2v) is 18.0. The molecule has 2 nitrogen and oxygen atoms in total. The van der Waals surface area contributed by atoms with Gasteiger partial charge in [0.05, 0.1) is 11.0 Å². The molecular formula is C57H48N2. The van der Waals surface area contributed by atoms with E-state index in [4.69, 9.17) is 0 Å². The Bertz CT molecular complexity index is 3000. The first-order valence-corrected chi connectivity index (χ1v) is 21.8. The minimum atomic E-state index is 0.0855. The van der Waals surface area contributed by atoms with E-state index in [9.17, 15) is 0 Å². The van der Waals surface area contributed by atoms with Gasteiger partial charge in [0.25, 0.3) is 0 Å². The Kier molecular flexibility index (Phi) is 7.83. The summed E-state index contributed by atoms with van der Waals surface area (Å²) in [6, 6.07) is 68.2. The average molecular weight is 761 g/mol. The highest BCUT2D eigenvalue weighted by Crippen LogP contribution is 2.65. The quantitative estimate of drug-likeness (QED) is 0.170. The van der Waals surface area contributed by atoms with Gasteiger partial charge in [-0.1, -0.05) is 135 Å². The molecule has 0 saturated heterocycles. The molecule has 2 heteroatoms. The number of nitrogens with zero attached hydrogens (tertiary/aromatic N) is 2. The summed E-state index contributed by atoms with van der Waals surface area (Å²) >= 11 is 0. The van der Waals surface area contributed by atoms with E-state index in [1.165, 1.54) is 97.6 Å². The molecule has 0 amide bonds. The molecule has 0 radical (unpaired) electrons. The van der Waals surface area contributed by atoms with Crippen LogP contribution < -0.4 is 4.90 Å². The van der Waals surface area contributed by atoms with Gasteiger partial charge in [0, 0.05) is 38.9 Å². The van der Waals surface area contributed by atoms with E-state index in [-0.39, 0.29) is 5.41 Å². The van der Waals surface area contributed by atoms with Crippen LogP contribution >= 0.6 is 0 Å². The van der Waals surface area contributed by atoms with Gasteiger partial charge in [-0.3, -0.25) is 0 Å². The molecule has 2 saturated carbocycles. The lowest BCUT2D eigenvalue weighted by Gasteiger charge is -2.54. The molecule has 9 aromatic rings. The maximum atomic E-state index is 2.57. The molecule has 0 aliphatic heterocycles. The minimum absolute atomic E-state index is 0.0855. The van der Waals surface area contributed by atoms with E-state index in [1.54, 1.807) is 11.1 Å². The Morgan fingerprint density at radius 2 is 1.07 bits per heavy atom. The number of anilines is 3. The van der Waals surface area contributed by atoms with Crippen LogP contribution in [-0.2, 0) is 5.41 Å². The van der Waals surface area contributed by atoms with E-state index in [2.05, 4.69) is 205 Å². The molecule has 0 N–H and O–H groups in total. The van der Waals surface area contributed by atoms with Gasteiger partial charge in [0.1, 0.15) is 0 Å². The first kappa shape index (κ1) is 34.6. The Labute approximate surface area is 347 Å². The number of fused-ring (bicyclic) bond motifs is 12. The molecule has 1 unspecified atom stereocenters. The van der Waals surface area contributed by atoms with E-state index < -0.39 is 0 Å². The van der Waals surface area contributed by atoms with Crippen LogP contribution in [0.1, 0.15) is 50.7 Å². The SMILES string of the molecule is C[C@H]1C[C@@H]2C[C@H](C1)C1(c3ccccc3-c3cc(N(c4ccc(-c5ccc(-n6c7ccccc7c7ccccc76)cc5)cc4)c4ccc5ccccc5c4)ccc31)[C@H](C)C2. The predicted molar refractivity (Wildman–Crippen MR) is 248 cm³/mol. The molecule has 1 aromatic heterocycles. The van der Waals surface area contributed by atoms with Gasteiger partial charge in [-0.25, -0.2) is 0 Å². The van der Waals surface area contributed by atoms with Crippen LogP contribution in [-0.4, -0.2) is 4.57 Å². The van der Waals surface area contributed by atoms with Crippen LogP contribution in [0.15, 0.2) is 182 Å². The highest BCUT2D eigenvalue weighted by atomic mass is 15.1. The van der Waals surface area contributed by atoms with Gasteiger partial charge in [-0.05, 0) is 154 Å². The number of hydrogen-bond donors (Lipinski definition) is 0. The summed E-state index contributed by atoms with van der Waals surface area (Å²) in [7, 11) is 0. The normalized spacial score (nSPS) is 21.9. The number of para-hydroxylation sites is 2. The Morgan fingerprint density at radius 1 is 0.475 bits per heavy atom. The summed E-state index contributed by atoms with van der Waals surface area (Å²) in [5.41, 5.74) is 15.7. The van der Waals surface area contributed by atoms with Gasteiger partial charge in [0.2, 0.25) is 0 Å². The fourth-order valence-electron chi connectivity index (χ4n) is 12.4. The smallest absolute Gasteiger partial charge is 0.0541 e. The van der Waals surface area contributed by atoms with Crippen molar-refractivity contribution in [2.75, 3.05) is 4.90 Å². The summed E-state index contributed by atoms with van der Waals surface area (Å²) in [5.74, 6) is 2.97. The van der Waals surface area contributed by atoms with E-state index in [0.29, 0.717) is 11.8 Å². The third-order valence-corrected chi connectivity index (χ3v) is 14.7. The summed E-state index contributed by atoms with van der Waals surface area (Å²) < 4.78 is 2.39. The van der Waals surface area contributed by atoms with Crippen LogP contribution in [0, 0.1) is 23.7 Å². The number of rotatable bonds is 5. The molecule has 3 aliphatic rings. The van der Waals surface area contributed by atoms with Crippen LogP contribution in [0.5, 0.6) is 0 Å². The second kappa shape index (κ2) is 13.3. The summed E-state index contributed by atoms with van der Waals surface area (Å²) in [6.07, 6.45) is 5.42. The van der Waals surface area contributed by atoms with Crippen molar-refractivity contribution in [3.8, 4) is 27.9 Å². The van der Waals surface area contributed by atoms with Gasteiger partial charge < -0.3 is 9.47 Å². The summed E-state index contributed by atoms with van der Waals surface area (Å²) in [5, 5.41) is 5.07. The fourth-order valence-corrected chi connectivity index (χ4v) is 12.4. The highest BCUT2D eigenvalue weighted by Gasteiger charge is 2.56. The molecule has 286 valence electrons. The van der Waals surface area contributed by atoms with Crippen molar-refractivity contribution in [2.45, 2.75) is 44.9 Å². The molecule has 1 spiro atoms. The molecule has 2 fully saturated rings. The maximum absolute atomic E-state index is 2.57. The van der Waals surface area contributed by atoms with Gasteiger partial charge in [-0.15, -0.1) is 0 Å². The Balaban J connectivity index is 0.950. The van der Waals surface area contributed by atoms with Crippen molar-refractivity contribution in [1.29, 1.82) is 0 Å². The Morgan fingerprint density at radius 3 is 1.83 bits per heavy atom. The topological polar surface area (TPSA) is 8.17 Å². The second-order valence-electron chi connectivity index (χ2n) is 18.0. The fraction of sp³-hybridized carbons (Fsp3) is 0.193. The van der Waals surface area contributed by atoms with Gasteiger partial charge >= 0.3 is 0 Å². The lowest BCUT2D eigenvalue weighted by Crippen LogP contribution is -2.49. The lowest BCUT2D eigenvalue weighted by molar-refractivity contribution is 0.0426. The first-order valence-electron chi connectivity index (χ1n) is 21.8. The van der Waals surface area contributed by atoms with Crippen molar-refractivity contribution < 1.29 is 0 Å². The molecule has 1 heterocycles. The lowest BCUT2D eigenvalue weighted by atomic mass is 9.49. The third kappa shape index (κ3) is 5.25. The monoisotopic (exact) mass is 760 g/mol. The third-order valence-electron chi connectivity index (χ3n) is 14.7. The van der Waals surface area contributed by atoms with Crippen molar-refractivity contribution in [2.24, 2.45) is 23.7 Å². The van der Waals surface area contributed by atoms with Gasteiger partial charge in [-0.2, -0.15) is 0 Å². The number of aromatic nitrogens is 1. The zero-order valence-electron chi connectivity index (χ0n) is 33.9. The zero-order chi connectivity index (χ0) is 39.2. The maximum Gasteiger partial charge on any atom is 0.0541 e. The van der Waals surface area contributed by atoms with Crippen molar-refractivity contribution in [3.63, 3.8) is 0 Å². The van der Waals surface area contributed by atoms with Crippen LogP contribution in [0.2, 0.25) is 0 Å². The van der Waals surface area contributed by atoms with Crippen LogP contribution in [0.25, 0.3) is 60.5 Å². The van der Waals surface area contributed by atoms with Crippen LogP contribution in [0.3, 0.4) is 0 Å². The zero-order valence-corrected chi connectivity index (χ0v) is 33.9. The molecule has 8 aromatic carbocycles. The van der Waals surface area contributed by atoms with E-state index >= 15 is 0 Å². The van der Waals surface area contributed by atoms with E-state index in [1.807, 2.05) is 0 Å². The van der Waals surface area contributed by atoms with E-state index in [0.717, 1.165) is 17.5 Å². The summed E-state index contributed by atoms with van der Waals surface area (Å²) in [4.78, 5) is 2.47. The van der Waals surface area contributed by atoms with Crippen molar-refractivity contribution in [1.82, 2.24) is 4.57 Å².